The summed E-state index contributed by atoms with van der Waals surface area (Å²) in [5.41, 5.74) is 4.57. The molecule has 9 heteroatoms. The van der Waals surface area contributed by atoms with Gasteiger partial charge in [0, 0.05) is 25.1 Å². The number of hydrogen-bond donors (Lipinski definition) is 2. The Labute approximate surface area is 227 Å². The van der Waals surface area contributed by atoms with Gasteiger partial charge in [0.25, 0.3) is 0 Å². The highest BCUT2D eigenvalue weighted by molar-refractivity contribution is 5.83. The van der Waals surface area contributed by atoms with Crippen molar-refractivity contribution in [2.45, 2.75) is 51.7 Å². The second kappa shape index (κ2) is 12.0. The number of aromatic nitrogens is 1. The highest BCUT2D eigenvalue weighted by Gasteiger charge is 2.29. The van der Waals surface area contributed by atoms with Gasteiger partial charge in [0.15, 0.2) is 0 Å². The predicted octanol–water partition coefficient (Wildman–Crippen LogP) is 6.04. The quantitative estimate of drug-likeness (QED) is 0.345. The summed E-state index contributed by atoms with van der Waals surface area (Å²) in [6, 6.07) is 19.6. The van der Waals surface area contributed by atoms with Crippen LogP contribution in [0.4, 0.5) is 15.4 Å². The number of carbonyl (C=O) groups is 3. The maximum atomic E-state index is 13.2. The molecule has 1 heterocycles. The molecular formula is C30H33N3O6. The van der Waals surface area contributed by atoms with Crippen LogP contribution in [-0.4, -0.2) is 51.9 Å². The minimum Gasteiger partial charge on any atom is -0.481 e. The molecule has 39 heavy (non-hydrogen) atoms. The third-order valence-corrected chi connectivity index (χ3v) is 6.24. The van der Waals surface area contributed by atoms with E-state index < -0.39 is 23.8 Å². The van der Waals surface area contributed by atoms with Gasteiger partial charge < -0.3 is 19.5 Å². The van der Waals surface area contributed by atoms with Crippen molar-refractivity contribution >= 4 is 24.0 Å². The zero-order valence-electron chi connectivity index (χ0n) is 22.3. The lowest BCUT2D eigenvalue weighted by molar-refractivity contribution is -0.137. The van der Waals surface area contributed by atoms with Crippen molar-refractivity contribution in [2.75, 3.05) is 18.5 Å². The Morgan fingerprint density at radius 3 is 2.18 bits per heavy atom. The molecule has 4 rings (SSSR count). The Hall–Kier alpha value is -4.40. The van der Waals surface area contributed by atoms with Crippen LogP contribution in [0.2, 0.25) is 0 Å². The monoisotopic (exact) mass is 531 g/mol. The molecule has 204 valence electrons. The molecule has 0 fully saturated rings. The number of pyridine rings is 1. The maximum Gasteiger partial charge on any atom is 0.413 e. The van der Waals surface area contributed by atoms with Crippen molar-refractivity contribution < 1.29 is 29.0 Å². The molecule has 0 saturated carbocycles. The number of fused-ring (bicyclic) bond motifs is 3. The highest BCUT2D eigenvalue weighted by Crippen LogP contribution is 2.44. The molecule has 2 N–H and O–H groups in total. The maximum absolute atomic E-state index is 13.2. The van der Waals surface area contributed by atoms with Crippen LogP contribution in [-0.2, 0) is 20.8 Å². The minimum atomic E-state index is -0.929. The first-order valence-corrected chi connectivity index (χ1v) is 12.9. The molecule has 1 aliphatic carbocycles. The smallest absolute Gasteiger partial charge is 0.413 e. The van der Waals surface area contributed by atoms with Crippen LogP contribution >= 0.6 is 0 Å². The van der Waals surface area contributed by atoms with Crippen LogP contribution in [0, 0.1) is 0 Å². The van der Waals surface area contributed by atoms with Crippen molar-refractivity contribution in [3.63, 3.8) is 0 Å². The number of ether oxygens (including phenoxy) is 2. The van der Waals surface area contributed by atoms with Crippen molar-refractivity contribution in [3.8, 4) is 11.1 Å². The van der Waals surface area contributed by atoms with E-state index in [-0.39, 0.29) is 38.5 Å². The fourth-order valence-corrected chi connectivity index (χ4v) is 4.56. The van der Waals surface area contributed by atoms with Gasteiger partial charge in [0.2, 0.25) is 0 Å². The van der Waals surface area contributed by atoms with Crippen LogP contribution in [0.1, 0.15) is 56.2 Å². The van der Waals surface area contributed by atoms with Gasteiger partial charge in [-0.05, 0) is 61.1 Å². The molecular weight excluding hydrogens is 498 g/mol. The molecule has 2 aromatic carbocycles. The topological polar surface area (TPSA) is 118 Å². The summed E-state index contributed by atoms with van der Waals surface area (Å²) < 4.78 is 11.0. The number of rotatable bonds is 9. The number of benzene rings is 2. The number of carboxylic acids is 1. The van der Waals surface area contributed by atoms with Crippen LogP contribution < -0.4 is 5.32 Å². The van der Waals surface area contributed by atoms with Gasteiger partial charge in [-0.2, -0.15) is 0 Å². The first-order valence-electron chi connectivity index (χ1n) is 12.9. The lowest BCUT2D eigenvalue weighted by atomic mass is 9.98. The van der Waals surface area contributed by atoms with Crippen molar-refractivity contribution in [1.29, 1.82) is 0 Å². The highest BCUT2D eigenvalue weighted by atomic mass is 16.6. The summed E-state index contributed by atoms with van der Waals surface area (Å²) in [6.45, 7) is 5.86. The molecule has 1 aliphatic rings. The summed E-state index contributed by atoms with van der Waals surface area (Å²) in [5.74, 6) is -0.699. The average Bonchev–Trinajstić information content (AvgIpc) is 3.20. The normalized spacial score (nSPS) is 12.3. The van der Waals surface area contributed by atoms with E-state index in [1.165, 1.54) is 4.90 Å². The first-order chi connectivity index (χ1) is 18.6. The summed E-state index contributed by atoms with van der Waals surface area (Å²) in [4.78, 5) is 42.0. The standard InChI is InChI=1S/C30H33N3O6/c1-30(2,3)39-28(36)32-26-15-14-20(17-31-26)18-33(16-8-13-27(34)35)29(37)38-19-25-23-11-6-4-9-21(23)22-10-5-7-12-24(22)25/h4-7,9-12,14-15,17,25H,8,13,16,18-19H2,1-3H3,(H,34,35)(H,31,32,36). The molecule has 2 amide bonds. The van der Waals surface area contributed by atoms with E-state index in [0.717, 1.165) is 22.3 Å². The molecule has 1 aromatic heterocycles. The number of carbonyl (C=O) groups excluding carboxylic acids is 2. The van der Waals surface area contributed by atoms with E-state index in [2.05, 4.69) is 34.6 Å². The fraction of sp³-hybridized carbons (Fsp3) is 0.333. The summed E-state index contributed by atoms with van der Waals surface area (Å²) in [6.07, 6.45) is 0.623. The minimum absolute atomic E-state index is 0.0653. The first kappa shape index (κ1) is 27.6. The molecule has 3 aromatic rings. The number of nitrogens with one attached hydrogen (secondary N) is 1. The van der Waals surface area contributed by atoms with Crippen molar-refractivity contribution in [1.82, 2.24) is 9.88 Å². The van der Waals surface area contributed by atoms with E-state index >= 15 is 0 Å². The van der Waals surface area contributed by atoms with E-state index in [0.29, 0.717) is 11.4 Å². The Morgan fingerprint density at radius 2 is 1.62 bits per heavy atom. The summed E-state index contributed by atoms with van der Waals surface area (Å²) in [5, 5.41) is 11.6. The Bertz CT molecular complexity index is 1290. The van der Waals surface area contributed by atoms with E-state index in [1.807, 2.05) is 24.3 Å². The Morgan fingerprint density at radius 1 is 0.974 bits per heavy atom. The summed E-state index contributed by atoms with van der Waals surface area (Å²) in [7, 11) is 0. The van der Waals surface area contributed by atoms with Crippen LogP contribution in [0.25, 0.3) is 11.1 Å². The van der Waals surface area contributed by atoms with Crippen molar-refractivity contribution in [2.24, 2.45) is 0 Å². The van der Waals surface area contributed by atoms with Crippen molar-refractivity contribution in [3.05, 3.63) is 83.6 Å². The molecule has 0 spiro atoms. The number of amides is 2. The van der Waals surface area contributed by atoms with Gasteiger partial charge in [0.1, 0.15) is 18.0 Å². The zero-order chi connectivity index (χ0) is 28.0. The van der Waals surface area contributed by atoms with E-state index in [9.17, 15) is 14.4 Å². The van der Waals surface area contributed by atoms with Gasteiger partial charge in [-0.1, -0.05) is 54.6 Å². The molecule has 0 atom stereocenters. The lowest BCUT2D eigenvalue weighted by Gasteiger charge is -2.23. The molecule has 0 saturated heterocycles. The van der Waals surface area contributed by atoms with Crippen LogP contribution in [0.15, 0.2) is 66.9 Å². The SMILES string of the molecule is CC(C)(C)OC(=O)Nc1ccc(CN(CCCC(=O)O)C(=O)OCC2c3ccccc3-c3ccccc32)cn1. The second-order valence-corrected chi connectivity index (χ2v) is 10.4. The number of aliphatic carboxylic acids is 1. The molecule has 0 bridgehead atoms. The number of anilines is 1. The van der Waals surface area contributed by atoms with Crippen LogP contribution in [0.3, 0.4) is 0 Å². The van der Waals surface area contributed by atoms with Gasteiger partial charge >= 0.3 is 18.2 Å². The number of hydrogen-bond acceptors (Lipinski definition) is 6. The van der Waals surface area contributed by atoms with Gasteiger partial charge in [0.05, 0.1) is 6.54 Å². The van der Waals surface area contributed by atoms with E-state index in [1.54, 1.807) is 39.1 Å². The van der Waals surface area contributed by atoms with Gasteiger partial charge in [-0.3, -0.25) is 10.1 Å². The third-order valence-electron chi connectivity index (χ3n) is 6.24. The average molecular weight is 532 g/mol. The third kappa shape index (κ3) is 7.34. The number of carboxylic acid groups (broad SMARTS) is 1. The van der Waals surface area contributed by atoms with Gasteiger partial charge in [-0.25, -0.2) is 14.6 Å². The molecule has 0 aliphatic heterocycles. The Balaban J connectivity index is 1.42. The molecule has 9 nitrogen and oxygen atoms in total. The zero-order valence-corrected chi connectivity index (χ0v) is 22.3. The van der Waals surface area contributed by atoms with Crippen LogP contribution in [0.5, 0.6) is 0 Å². The molecule has 0 radical (unpaired) electrons. The van der Waals surface area contributed by atoms with Gasteiger partial charge in [-0.15, -0.1) is 0 Å². The van der Waals surface area contributed by atoms with E-state index in [4.69, 9.17) is 14.6 Å². The largest absolute Gasteiger partial charge is 0.481 e. The number of nitrogens with zero attached hydrogens (tertiary/aromatic N) is 2. The fourth-order valence-electron chi connectivity index (χ4n) is 4.56. The molecule has 0 unspecified atom stereocenters. The lowest BCUT2D eigenvalue weighted by Crippen LogP contribution is -2.33. The second-order valence-electron chi connectivity index (χ2n) is 10.4. The summed E-state index contributed by atoms with van der Waals surface area (Å²) >= 11 is 0. The Kier molecular flexibility index (Phi) is 8.49. The predicted molar refractivity (Wildman–Crippen MR) is 146 cm³/mol.